The molecule has 0 aliphatic heterocycles. The number of aromatic nitrogens is 2. The van der Waals surface area contributed by atoms with Crippen LogP contribution in [0.1, 0.15) is 60.9 Å². The Labute approximate surface area is 221 Å². The van der Waals surface area contributed by atoms with Crippen LogP contribution in [-0.4, -0.2) is 21.2 Å². The fourth-order valence-electron chi connectivity index (χ4n) is 4.59. The van der Waals surface area contributed by atoms with Crippen molar-refractivity contribution in [1.82, 2.24) is 9.61 Å². The van der Waals surface area contributed by atoms with E-state index in [4.69, 9.17) is 9.15 Å². The molecule has 1 unspecified atom stereocenters. The molecule has 0 spiro atoms. The van der Waals surface area contributed by atoms with Crippen molar-refractivity contribution >= 4 is 28.1 Å². The van der Waals surface area contributed by atoms with Crippen LogP contribution in [-0.2, 0) is 4.74 Å². The molecular weight excluding hydrogens is 478 g/mol. The normalized spacial score (nSPS) is 12.6. The Morgan fingerprint density at radius 3 is 2.58 bits per heavy atom. The van der Waals surface area contributed by atoms with Crippen molar-refractivity contribution in [3.63, 3.8) is 0 Å². The minimum Gasteiger partial charge on any atom is -0.456 e. The number of ether oxygens (including phenoxy) is 1. The van der Waals surface area contributed by atoms with E-state index in [2.05, 4.69) is 10.4 Å². The zero-order valence-corrected chi connectivity index (χ0v) is 22.5. The molecule has 0 aliphatic rings. The summed E-state index contributed by atoms with van der Waals surface area (Å²) in [6.07, 6.45) is 1.86. The molecule has 38 heavy (non-hydrogen) atoms. The number of carbonyl (C=O) groups is 1. The van der Waals surface area contributed by atoms with Crippen molar-refractivity contribution in [2.24, 2.45) is 0 Å². The van der Waals surface area contributed by atoms with Gasteiger partial charge in [0.05, 0.1) is 28.2 Å². The van der Waals surface area contributed by atoms with Crippen molar-refractivity contribution in [3.05, 3.63) is 99.5 Å². The monoisotopic (exact) mass is 509 g/mol. The van der Waals surface area contributed by atoms with Gasteiger partial charge in [0.1, 0.15) is 16.9 Å². The minimum absolute atomic E-state index is 0.121. The van der Waals surface area contributed by atoms with E-state index in [0.29, 0.717) is 28.0 Å². The van der Waals surface area contributed by atoms with Crippen molar-refractivity contribution in [2.45, 2.75) is 53.2 Å². The summed E-state index contributed by atoms with van der Waals surface area (Å²) in [4.78, 5) is 26.1. The fraction of sp³-hybridized carbons (Fsp3) is 0.258. The maximum Gasteiger partial charge on any atom is 0.340 e. The minimum atomic E-state index is -0.611. The molecule has 0 saturated carbocycles. The smallest absolute Gasteiger partial charge is 0.340 e. The zero-order chi connectivity index (χ0) is 27.2. The van der Waals surface area contributed by atoms with Gasteiger partial charge in [-0.2, -0.15) is 5.10 Å². The number of nitrogens with one attached hydrogen (secondary N) is 1. The Balaban J connectivity index is 1.57. The fourth-order valence-corrected chi connectivity index (χ4v) is 4.59. The van der Waals surface area contributed by atoms with E-state index in [1.165, 1.54) is 6.07 Å². The lowest BCUT2D eigenvalue weighted by molar-refractivity contribution is 0.00706. The number of para-hydroxylation sites is 1. The first-order valence-electron chi connectivity index (χ1n) is 12.6. The second-order valence-corrected chi connectivity index (χ2v) is 10.7. The zero-order valence-electron chi connectivity index (χ0n) is 22.5. The summed E-state index contributed by atoms with van der Waals surface area (Å²) in [5, 5.41) is 8.43. The van der Waals surface area contributed by atoms with E-state index in [1.54, 1.807) is 16.6 Å². The average molecular weight is 510 g/mol. The number of carbonyl (C=O) groups excluding carboxylic acids is 1. The van der Waals surface area contributed by atoms with Crippen molar-refractivity contribution in [3.8, 4) is 11.3 Å². The SMILES string of the molecule is Cc1cc(C(C)Nc2ccccc2C(=O)OC(C)(C)C)c2oc(-c3ccc4cc(C)nn4c3)cc(=O)c2c1. The summed E-state index contributed by atoms with van der Waals surface area (Å²) in [6, 6.07) is 18.2. The highest BCUT2D eigenvalue weighted by atomic mass is 16.6. The third kappa shape index (κ3) is 5.05. The van der Waals surface area contributed by atoms with Gasteiger partial charge in [-0.25, -0.2) is 9.31 Å². The maximum atomic E-state index is 13.2. The molecule has 0 bridgehead atoms. The standard InChI is InChI=1S/C31H31N3O4/c1-18-13-24(20(3)32-26-10-8-7-9-23(26)30(36)38-31(4,5)6)29-25(14-18)27(35)16-28(37-29)21-11-12-22-15-19(2)33-34(22)17-21/h7-17,20,32H,1-6H3. The quantitative estimate of drug-likeness (QED) is 0.261. The highest BCUT2D eigenvalue weighted by molar-refractivity contribution is 5.96. The van der Waals surface area contributed by atoms with Crippen LogP contribution in [0.4, 0.5) is 5.69 Å². The lowest BCUT2D eigenvalue weighted by Crippen LogP contribution is -2.24. The van der Waals surface area contributed by atoms with Crippen molar-refractivity contribution < 1.29 is 13.9 Å². The molecule has 0 radical (unpaired) electrons. The molecule has 0 amide bonds. The molecule has 7 nitrogen and oxygen atoms in total. The number of esters is 1. The van der Waals surface area contributed by atoms with Crippen LogP contribution in [0.3, 0.4) is 0 Å². The van der Waals surface area contributed by atoms with Crippen LogP contribution in [0.25, 0.3) is 27.8 Å². The van der Waals surface area contributed by atoms with Gasteiger partial charge >= 0.3 is 5.97 Å². The number of hydrogen-bond acceptors (Lipinski definition) is 6. The van der Waals surface area contributed by atoms with E-state index in [0.717, 1.165) is 27.9 Å². The van der Waals surface area contributed by atoms with Gasteiger partial charge in [-0.15, -0.1) is 0 Å². The molecule has 7 heteroatoms. The van der Waals surface area contributed by atoms with E-state index >= 15 is 0 Å². The van der Waals surface area contributed by atoms with E-state index in [-0.39, 0.29) is 11.5 Å². The molecule has 0 saturated heterocycles. The molecule has 5 rings (SSSR count). The number of pyridine rings is 1. The van der Waals surface area contributed by atoms with Gasteiger partial charge in [0.15, 0.2) is 5.43 Å². The molecule has 3 heterocycles. The second kappa shape index (κ2) is 9.49. The lowest BCUT2D eigenvalue weighted by Gasteiger charge is -2.22. The Hall–Kier alpha value is -4.39. The Bertz CT molecular complexity index is 1740. The molecule has 5 aromatic rings. The van der Waals surface area contributed by atoms with E-state index in [9.17, 15) is 9.59 Å². The summed E-state index contributed by atoms with van der Waals surface area (Å²) in [6.45, 7) is 11.4. The number of benzene rings is 2. The van der Waals surface area contributed by atoms with Crippen LogP contribution >= 0.6 is 0 Å². The number of fused-ring (bicyclic) bond motifs is 2. The van der Waals surface area contributed by atoms with Gasteiger partial charge in [-0.05, 0) is 83.5 Å². The summed E-state index contributed by atoms with van der Waals surface area (Å²) in [5.41, 5.74) is 5.23. The largest absolute Gasteiger partial charge is 0.456 e. The summed E-state index contributed by atoms with van der Waals surface area (Å²) >= 11 is 0. The van der Waals surface area contributed by atoms with Crippen LogP contribution in [0, 0.1) is 13.8 Å². The third-order valence-electron chi connectivity index (χ3n) is 6.25. The first-order chi connectivity index (χ1) is 18.0. The highest BCUT2D eigenvalue weighted by Gasteiger charge is 2.22. The van der Waals surface area contributed by atoms with Gasteiger partial charge in [-0.1, -0.05) is 18.2 Å². The Morgan fingerprint density at radius 1 is 1.05 bits per heavy atom. The van der Waals surface area contributed by atoms with Crippen LogP contribution in [0.2, 0.25) is 0 Å². The summed E-state index contributed by atoms with van der Waals surface area (Å²) < 4.78 is 13.8. The summed E-state index contributed by atoms with van der Waals surface area (Å²) in [7, 11) is 0. The van der Waals surface area contributed by atoms with Gasteiger partial charge in [0.25, 0.3) is 0 Å². The molecule has 3 aromatic heterocycles. The predicted molar refractivity (Wildman–Crippen MR) is 150 cm³/mol. The van der Waals surface area contributed by atoms with Gasteiger partial charge in [0.2, 0.25) is 0 Å². The Morgan fingerprint density at radius 2 is 1.82 bits per heavy atom. The molecule has 1 N–H and O–H groups in total. The van der Waals surface area contributed by atoms with Gasteiger partial charge < -0.3 is 14.5 Å². The maximum absolute atomic E-state index is 13.2. The average Bonchev–Trinajstić information content (AvgIpc) is 3.22. The molecule has 2 aromatic carbocycles. The number of nitrogens with zero attached hydrogens (tertiary/aromatic N) is 2. The molecule has 0 aliphatic carbocycles. The molecular formula is C31H31N3O4. The van der Waals surface area contributed by atoms with E-state index < -0.39 is 11.6 Å². The number of anilines is 1. The van der Waals surface area contributed by atoms with Crippen molar-refractivity contribution in [1.29, 1.82) is 0 Å². The molecule has 0 fully saturated rings. The first kappa shape index (κ1) is 25.3. The third-order valence-corrected chi connectivity index (χ3v) is 6.25. The number of rotatable bonds is 5. The molecule has 1 atom stereocenters. The van der Waals surface area contributed by atoms with Crippen LogP contribution in [0.5, 0.6) is 0 Å². The topological polar surface area (TPSA) is 85.8 Å². The van der Waals surface area contributed by atoms with E-state index in [1.807, 2.05) is 90.2 Å². The second-order valence-electron chi connectivity index (χ2n) is 10.7. The summed E-state index contributed by atoms with van der Waals surface area (Å²) in [5.74, 6) is 0.0592. The number of aryl methyl sites for hydroxylation is 2. The van der Waals surface area contributed by atoms with Crippen LogP contribution in [0.15, 0.2) is 76.1 Å². The van der Waals surface area contributed by atoms with Crippen molar-refractivity contribution in [2.75, 3.05) is 5.32 Å². The predicted octanol–water partition coefficient (Wildman–Crippen LogP) is 6.85. The van der Waals surface area contributed by atoms with Gasteiger partial charge in [0, 0.05) is 29.1 Å². The van der Waals surface area contributed by atoms with Crippen LogP contribution < -0.4 is 10.7 Å². The lowest BCUT2D eigenvalue weighted by atomic mass is 10.00. The number of hydrogen-bond donors (Lipinski definition) is 1. The highest BCUT2D eigenvalue weighted by Crippen LogP contribution is 2.32. The van der Waals surface area contributed by atoms with Gasteiger partial charge in [-0.3, -0.25) is 4.79 Å². The Kier molecular flexibility index (Phi) is 6.31. The molecule has 194 valence electrons. The first-order valence-corrected chi connectivity index (χ1v) is 12.6.